The zero-order chi connectivity index (χ0) is 7.94. The van der Waals surface area contributed by atoms with Gasteiger partial charge in [0.25, 0.3) is 0 Å². The van der Waals surface area contributed by atoms with Crippen molar-refractivity contribution >= 4 is 23.9 Å². The summed E-state index contributed by atoms with van der Waals surface area (Å²) in [5.74, 6) is 0. The Labute approximate surface area is 76.2 Å². The maximum Gasteiger partial charge on any atom is 0.150 e. The minimum absolute atomic E-state index is 0.334. The molecular weight excluding hydrogens is 181 g/mol. The highest BCUT2D eigenvalue weighted by Gasteiger charge is 2.13. The van der Waals surface area contributed by atoms with Crippen molar-refractivity contribution in [2.75, 3.05) is 6.01 Å². The maximum absolute atomic E-state index is 11.6. The molecule has 11 heavy (non-hydrogen) atoms. The molecule has 1 rings (SSSR count). The zero-order valence-electron chi connectivity index (χ0n) is 6.51. The summed E-state index contributed by atoms with van der Waals surface area (Å²) in [6.45, 7) is 0. The highest BCUT2D eigenvalue weighted by molar-refractivity contribution is 8.12. The molecule has 0 aromatic heterocycles. The van der Waals surface area contributed by atoms with Gasteiger partial charge in [-0.05, 0) is 24.8 Å². The van der Waals surface area contributed by atoms with E-state index >= 15 is 0 Å². The van der Waals surface area contributed by atoms with Crippen molar-refractivity contribution in [2.45, 2.75) is 37.4 Å². The van der Waals surface area contributed by atoms with E-state index in [9.17, 15) is 4.39 Å². The predicted octanol–water partition coefficient (Wildman–Crippen LogP) is 3.13. The number of nitrogens with one attached hydrogen (secondary N) is 1. The molecule has 0 aromatic rings. The maximum atomic E-state index is 11.6. The molecule has 0 aliphatic heterocycles. The zero-order valence-corrected chi connectivity index (χ0v) is 8.15. The van der Waals surface area contributed by atoms with E-state index in [1.807, 2.05) is 0 Å². The van der Waals surface area contributed by atoms with Gasteiger partial charge in [0.1, 0.15) is 6.01 Å². The molecule has 0 heterocycles. The van der Waals surface area contributed by atoms with Crippen LogP contribution in [0.2, 0.25) is 0 Å². The summed E-state index contributed by atoms with van der Waals surface area (Å²) in [5, 5.41) is 0.725. The topological polar surface area (TPSA) is 12.0 Å². The van der Waals surface area contributed by atoms with Crippen LogP contribution in [0.1, 0.15) is 32.1 Å². The largest absolute Gasteiger partial charge is 0.238 e. The van der Waals surface area contributed by atoms with Gasteiger partial charge in [0, 0.05) is 5.25 Å². The van der Waals surface area contributed by atoms with Gasteiger partial charge < -0.3 is 0 Å². The lowest BCUT2D eigenvalue weighted by Gasteiger charge is -2.20. The molecule has 1 N–H and O–H groups in total. The summed E-state index contributed by atoms with van der Waals surface area (Å²) < 4.78 is 14.6. The van der Waals surface area contributed by atoms with Gasteiger partial charge >= 0.3 is 0 Å². The van der Waals surface area contributed by atoms with Crippen LogP contribution >= 0.6 is 23.9 Å². The van der Waals surface area contributed by atoms with Gasteiger partial charge in [-0.2, -0.15) is 0 Å². The molecule has 0 radical (unpaired) electrons. The summed E-state index contributed by atoms with van der Waals surface area (Å²) in [4.78, 5) is 0. The molecule has 4 heteroatoms. The van der Waals surface area contributed by atoms with Crippen LogP contribution in [-0.4, -0.2) is 11.3 Å². The number of alkyl halides is 1. The lowest BCUT2D eigenvalue weighted by Crippen LogP contribution is -2.11. The normalized spacial score (nSPS) is 20.5. The standard InChI is InChI=1S/C7H14FNS2/c8-6-10-9-11-7-4-2-1-3-5-7/h7,9H,1-6H2. The molecule has 0 unspecified atom stereocenters. The van der Waals surface area contributed by atoms with Gasteiger partial charge in [0.2, 0.25) is 0 Å². The van der Waals surface area contributed by atoms with E-state index in [1.165, 1.54) is 32.1 Å². The van der Waals surface area contributed by atoms with Crippen LogP contribution in [0.15, 0.2) is 0 Å². The molecule has 0 saturated heterocycles. The average molecular weight is 195 g/mol. The number of hydrogen-bond acceptors (Lipinski definition) is 3. The van der Waals surface area contributed by atoms with E-state index in [0.29, 0.717) is 0 Å². The minimum Gasteiger partial charge on any atom is -0.238 e. The second-order valence-electron chi connectivity index (χ2n) is 2.71. The molecular formula is C7H14FNS2. The number of hydrogen-bond donors (Lipinski definition) is 1. The Morgan fingerprint density at radius 2 is 2.00 bits per heavy atom. The Kier molecular flexibility index (Phi) is 5.41. The molecule has 0 atom stereocenters. The Hall–Kier alpha value is 0.590. The fourth-order valence-corrected chi connectivity index (χ4v) is 2.87. The third-order valence-corrected chi connectivity index (χ3v) is 3.65. The third-order valence-electron chi connectivity index (χ3n) is 1.88. The smallest absolute Gasteiger partial charge is 0.150 e. The van der Waals surface area contributed by atoms with Crippen LogP contribution in [0.4, 0.5) is 4.39 Å². The third kappa shape index (κ3) is 4.23. The van der Waals surface area contributed by atoms with Gasteiger partial charge in [-0.15, -0.1) is 0 Å². The van der Waals surface area contributed by atoms with E-state index in [-0.39, 0.29) is 6.01 Å². The fourth-order valence-electron chi connectivity index (χ4n) is 1.31. The first kappa shape index (κ1) is 9.68. The second-order valence-corrected chi connectivity index (χ2v) is 4.79. The Balaban J connectivity index is 1.96. The van der Waals surface area contributed by atoms with Crippen molar-refractivity contribution < 1.29 is 4.39 Å². The summed E-state index contributed by atoms with van der Waals surface area (Å²) >= 11 is 2.84. The monoisotopic (exact) mass is 195 g/mol. The van der Waals surface area contributed by atoms with Crippen molar-refractivity contribution in [3.8, 4) is 0 Å². The van der Waals surface area contributed by atoms with E-state index in [1.54, 1.807) is 11.9 Å². The molecule has 1 nitrogen and oxygen atoms in total. The Bertz CT molecular complexity index is 96.4. The lowest BCUT2D eigenvalue weighted by molar-refractivity contribution is 0.516. The van der Waals surface area contributed by atoms with Gasteiger partial charge in [0.05, 0.1) is 0 Å². The summed E-state index contributed by atoms with van der Waals surface area (Å²) in [6, 6.07) is -0.334. The highest BCUT2D eigenvalue weighted by Crippen LogP contribution is 2.27. The minimum atomic E-state index is -0.334. The van der Waals surface area contributed by atoms with Crippen molar-refractivity contribution in [2.24, 2.45) is 0 Å². The molecule has 1 aliphatic carbocycles. The summed E-state index contributed by atoms with van der Waals surface area (Å²) in [6.07, 6.45) is 6.67. The van der Waals surface area contributed by atoms with Crippen molar-refractivity contribution in [3.63, 3.8) is 0 Å². The predicted molar refractivity (Wildman–Crippen MR) is 51.2 cm³/mol. The molecule has 1 fully saturated rings. The molecule has 66 valence electrons. The molecule has 0 amide bonds. The van der Waals surface area contributed by atoms with Crippen LogP contribution in [0.25, 0.3) is 0 Å². The van der Waals surface area contributed by atoms with Crippen LogP contribution < -0.4 is 4.13 Å². The van der Waals surface area contributed by atoms with Gasteiger partial charge in [-0.25, -0.2) is 8.52 Å². The first-order valence-corrected chi connectivity index (χ1v) is 5.88. The Morgan fingerprint density at radius 3 is 2.64 bits per heavy atom. The highest BCUT2D eigenvalue weighted by atomic mass is 32.2. The molecule has 0 bridgehead atoms. The summed E-state index contributed by atoms with van der Waals surface area (Å²) in [7, 11) is 0. The van der Waals surface area contributed by atoms with E-state index in [2.05, 4.69) is 4.13 Å². The lowest BCUT2D eigenvalue weighted by atomic mass is 10.0. The first-order valence-electron chi connectivity index (χ1n) is 4.02. The van der Waals surface area contributed by atoms with E-state index in [0.717, 1.165) is 17.2 Å². The molecule has 1 saturated carbocycles. The molecule has 1 aliphatic rings. The van der Waals surface area contributed by atoms with Gasteiger partial charge in [0.15, 0.2) is 0 Å². The number of rotatable bonds is 4. The Morgan fingerprint density at radius 1 is 1.27 bits per heavy atom. The van der Waals surface area contributed by atoms with E-state index in [4.69, 9.17) is 0 Å². The van der Waals surface area contributed by atoms with Crippen molar-refractivity contribution in [1.82, 2.24) is 4.13 Å². The first-order chi connectivity index (χ1) is 5.43. The van der Waals surface area contributed by atoms with Gasteiger partial charge in [-0.1, -0.05) is 31.2 Å². The van der Waals surface area contributed by atoms with Gasteiger partial charge in [-0.3, -0.25) is 0 Å². The molecule has 0 aromatic carbocycles. The van der Waals surface area contributed by atoms with Crippen molar-refractivity contribution in [3.05, 3.63) is 0 Å². The van der Waals surface area contributed by atoms with Crippen LogP contribution in [0.5, 0.6) is 0 Å². The number of halogens is 1. The second kappa shape index (κ2) is 6.14. The van der Waals surface area contributed by atoms with E-state index < -0.39 is 0 Å². The average Bonchev–Trinajstić information content (AvgIpc) is 2.07. The van der Waals surface area contributed by atoms with Crippen LogP contribution in [-0.2, 0) is 0 Å². The molecule has 0 spiro atoms. The SMILES string of the molecule is FCSNSC1CCCCC1. The summed E-state index contributed by atoms with van der Waals surface area (Å²) in [5.41, 5.74) is 0. The fraction of sp³-hybridized carbons (Fsp3) is 1.00. The van der Waals surface area contributed by atoms with Crippen LogP contribution in [0, 0.1) is 0 Å². The quantitative estimate of drug-likeness (QED) is 0.547. The van der Waals surface area contributed by atoms with Crippen molar-refractivity contribution in [1.29, 1.82) is 0 Å². The van der Waals surface area contributed by atoms with Crippen LogP contribution in [0.3, 0.4) is 0 Å².